The largest absolute Gasteiger partial charge is 0.343 e. The van der Waals surface area contributed by atoms with Crippen LogP contribution in [0, 0.1) is 5.92 Å². The molecule has 0 unspecified atom stereocenters. The molecule has 3 aromatic rings. The molecule has 2 aromatic carbocycles. The van der Waals surface area contributed by atoms with Crippen LogP contribution >= 0.6 is 0 Å². The number of carbonyl (C=O) groups is 1. The van der Waals surface area contributed by atoms with Gasteiger partial charge in [0.25, 0.3) is 0 Å². The van der Waals surface area contributed by atoms with Crippen molar-refractivity contribution in [3.8, 4) is 5.69 Å². The fraction of sp³-hybridized carbons (Fsp3) is 0.364. The van der Waals surface area contributed by atoms with Gasteiger partial charge in [-0.05, 0) is 43.0 Å². The summed E-state index contributed by atoms with van der Waals surface area (Å²) in [6, 6.07) is 18.4. The molecule has 0 atom stereocenters. The van der Waals surface area contributed by atoms with E-state index >= 15 is 0 Å². The van der Waals surface area contributed by atoms with Crippen LogP contribution in [-0.4, -0.2) is 33.4 Å². The molecule has 1 aromatic heterocycles. The molecule has 0 saturated carbocycles. The Morgan fingerprint density at radius 1 is 1.04 bits per heavy atom. The standard InChI is InChI=1S/C22H25N3O/c1-17-13-15-24(16-14-17)22(26)12-11-21-23-19-9-5-6-10-20(19)25(21)18-7-3-2-4-8-18/h2-10,17H,11-16H2,1H3. The Hall–Kier alpha value is -2.62. The van der Waals surface area contributed by atoms with Gasteiger partial charge >= 0.3 is 0 Å². The maximum atomic E-state index is 12.6. The molecule has 26 heavy (non-hydrogen) atoms. The molecule has 0 bridgehead atoms. The van der Waals surface area contributed by atoms with Gasteiger partial charge in [0.15, 0.2) is 0 Å². The van der Waals surface area contributed by atoms with Crippen LogP contribution in [0.1, 0.15) is 32.0 Å². The van der Waals surface area contributed by atoms with Crippen LogP contribution in [-0.2, 0) is 11.2 Å². The number of nitrogens with zero attached hydrogens (tertiary/aromatic N) is 3. The number of amides is 1. The van der Waals surface area contributed by atoms with E-state index < -0.39 is 0 Å². The highest BCUT2D eigenvalue weighted by Gasteiger charge is 2.21. The minimum Gasteiger partial charge on any atom is -0.343 e. The fourth-order valence-corrected chi connectivity index (χ4v) is 3.74. The second-order valence-corrected chi connectivity index (χ2v) is 7.25. The molecule has 134 valence electrons. The average molecular weight is 347 g/mol. The third-order valence-corrected chi connectivity index (χ3v) is 5.34. The molecule has 1 amide bonds. The van der Waals surface area contributed by atoms with Gasteiger partial charge in [-0.1, -0.05) is 37.3 Å². The van der Waals surface area contributed by atoms with Gasteiger partial charge < -0.3 is 4.90 Å². The number of fused-ring (bicyclic) bond motifs is 1. The zero-order chi connectivity index (χ0) is 17.9. The topological polar surface area (TPSA) is 38.1 Å². The summed E-state index contributed by atoms with van der Waals surface area (Å²) in [5.74, 6) is 1.95. The molecule has 2 heterocycles. The van der Waals surface area contributed by atoms with Crippen molar-refractivity contribution >= 4 is 16.9 Å². The average Bonchev–Trinajstić information content (AvgIpc) is 3.05. The van der Waals surface area contributed by atoms with E-state index in [0.29, 0.717) is 12.8 Å². The number of para-hydroxylation sites is 3. The van der Waals surface area contributed by atoms with E-state index in [1.807, 2.05) is 41.3 Å². The minimum absolute atomic E-state index is 0.253. The monoisotopic (exact) mass is 347 g/mol. The third-order valence-electron chi connectivity index (χ3n) is 5.34. The summed E-state index contributed by atoms with van der Waals surface area (Å²) >= 11 is 0. The minimum atomic E-state index is 0.253. The number of hydrogen-bond acceptors (Lipinski definition) is 2. The Kier molecular flexibility index (Phi) is 4.74. The number of aryl methyl sites for hydroxylation is 1. The van der Waals surface area contributed by atoms with E-state index in [2.05, 4.69) is 29.7 Å². The first-order chi connectivity index (χ1) is 12.7. The van der Waals surface area contributed by atoms with E-state index in [-0.39, 0.29) is 5.91 Å². The molecular formula is C22H25N3O. The number of rotatable bonds is 4. The van der Waals surface area contributed by atoms with Gasteiger partial charge in [-0.25, -0.2) is 4.98 Å². The third kappa shape index (κ3) is 3.36. The number of aromatic nitrogens is 2. The predicted octanol–water partition coefficient (Wildman–Crippen LogP) is 4.22. The Morgan fingerprint density at radius 3 is 2.50 bits per heavy atom. The van der Waals surface area contributed by atoms with Crippen molar-refractivity contribution in [1.82, 2.24) is 14.5 Å². The van der Waals surface area contributed by atoms with Gasteiger partial charge in [-0.2, -0.15) is 0 Å². The highest BCUT2D eigenvalue weighted by molar-refractivity contribution is 5.79. The zero-order valence-corrected chi connectivity index (χ0v) is 15.3. The first kappa shape index (κ1) is 16.8. The second kappa shape index (κ2) is 7.32. The molecule has 4 rings (SSSR count). The summed E-state index contributed by atoms with van der Waals surface area (Å²) < 4.78 is 2.18. The first-order valence-corrected chi connectivity index (χ1v) is 9.52. The molecule has 0 aliphatic carbocycles. The van der Waals surface area contributed by atoms with Crippen LogP contribution in [0.5, 0.6) is 0 Å². The van der Waals surface area contributed by atoms with Crippen molar-refractivity contribution < 1.29 is 4.79 Å². The molecule has 0 spiro atoms. The lowest BCUT2D eigenvalue weighted by Crippen LogP contribution is -2.38. The van der Waals surface area contributed by atoms with Crippen molar-refractivity contribution in [2.75, 3.05) is 13.1 Å². The summed E-state index contributed by atoms with van der Waals surface area (Å²) in [7, 11) is 0. The highest BCUT2D eigenvalue weighted by atomic mass is 16.2. The molecule has 4 nitrogen and oxygen atoms in total. The number of likely N-dealkylation sites (tertiary alicyclic amines) is 1. The summed E-state index contributed by atoms with van der Waals surface area (Å²) in [5, 5.41) is 0. The number of hydrogen-bond donors (Lipinski definition) is 0. The number of imidazole rings is 1. The summed E-state index contributed by atoms with van der Waals surface area (Å²) in [6.45, 7) is 4.06. The van der Waals surface area contributed by atoms with Crippen LogP contribution in [0.15, 0.2) is 54.6 Å². The molecular weight excluding hydrogens is 322 g/mol. The molecule has 4 heteroatoms. The Bertz CT molecular complexity index is 892. The smallest absolute Gasteiger partial charge is 0.223 e. The van der Waals surface area contributed by atoms with E-state index in [1.165, 1.54) is 0 Å². The Labute approximate surface area is 154 Å². The van der Waals surface area contributed by atoms with Gasteiger partial charge in [-0.3, -0.25) is 9.36 Å². The molecule has 0 radical (unpaired) electrons. The molecule has 1 saturated heterocycles. The van der Waals surface area contributed by atoms with Gasteiger partial charge in [0.1, 0.15) is 5.82 Å². The van der Waals surface area contributed by atoms with Crippen molar-refractivity contribution in [2.24, 2.45) is 5.92 Å². The number of piperidine rings is 1. The van der Waals surface area contributed by atoms with E-state index in [9.17, 15) is 4.79 Å². The fourth-order valence-electron chi connectivity index (χ4n) is 3.74. The second-order valence-electron chi connectivity index (χ2n) is 7.25. The van der Waals surface area contributed by atoms with E-state index in [0.717, 1.165) is 54.4 Å². The maximum absolute atomic E-state index is 12.6. The molecule has 1 aliphatic heterocycles. The molecule has 1 fully saturated rings. The highest BCUT2D eigenvalue weighted by Crippen LogP contribution is 2.23. The lowest BCUT2D eigenvalue weighted by atomic mass is 9.99. The maximum Gasteiger partial charge on any atom is 0.223 e. The van der Waals surface area contributed by atoms with Crippen LogP contribution in [0.4, 0.5) is 0 Å². The van der Waals surface area contributed by atoms with Crippen molar-refractivity contribution in [1.29, 1.82) is 0 Å². The molecule has 1 aliphatic rings. The summed E-state index contributed by atoms with van der Waals surface area (Å²) in [5.41, 5.74) is 3.16. The van der Waals surface area contributed by atoms with Crippen LogP contribution in [0.2, 0.25) is 0 Å². The van der Waals surface area contributed by atoms with Gasteiger partial charge in [0.2, 0.25) is 5.91 Å². The van der Waals surface area contributed by atoms with Gasteiger partial charge in [0, 0.05) is 31.6 Å². The lowest BCUT2D eigenvalue weighted by Gasteiger charge is -2.30. The van der Waals surface area contributed by atoms with Gasteiger partial charge in [-0.15, -0.1) is 0 Å². The van der Waals surface area contributed by atoms with Crippen molar-refractivity contribution in [2.45, 2.75) is 32.6 Å². The van der Waals surface area contributed by atoms with Crippen LogP contribution in [0.3, 0.4) is 0 Å². The van der Waals surface area contributed by atoms with Gasteiger partial charge in [0.05, 0.1) is 11.0 Å². The normalized spacial score (nSPS) is 15.5. The predicted molar refractivity (Wildman–Crippen MR) is 104 cm³/mol. The molecule has 0 N–H and O–H groups in total. The van der Waals surface area contributed by atoms with Crippen LogP contribution < -0.4 is 0 Å². The zero-order valence-electron chi connectivity index (χ0n) is 15.3. The first-order valence-electron chi connectivity index (χ1n) is 9.52. The SMILES string of the molecule is CC1CCN(C(=O)CCc2nc3ccccc3n2-c2ccccc2)CC1. The number of benzene rings is 2. The Morgan fingerprint density at radius 2 is 1.73 bits per heavy atom. The van der Waals surface area contributed by atoms with Crippen LogP contribution in [0.25, 0.3) is 16.7 Å². The summed E-state index contributed by atoms with van der Waals surface area (Å²) in [6.07, 6.45) is 3.42. The van der Waals surface area contributed by atoms with E-state index in [1.54, 1.807) is 0 Å². The summed E-state index contributed by atoms with van der Waals surface area (Å²) in [4.78, 5) is 19.5. The van der Waals surface area contributed by atoms with E-state index in [4.69, 9.17) is 4.98 Å². The lowest BCUT2D eigenvalue weighted by molar-refractivity contribution is -0.132. The number of carbonyl (C=O) groups excluding carboxylic acids is 1. The quantitative estimate of drug-likeness (QED) is 0.709. The van der Waals surface area contributed by atoms with Crippen molar-refractivity contribution in [3.05, 3.63) is 60.4 Å². The Balaban J connectivity index is 1.57. The van der Waals surface area contributed by atoms with Crippen molar-refractivity contribution in [3.63, 3.8) is 0 Å².